The molecule has 13 heteroatoms. The van der Waals surface area contributed by atoms with Gasteiger partial charge in [0.2, 0.25) is 0 Å². The van der Waals surface area contributed by atoms with Crippen LogP contribution in [-0.4, -0.2) is 78.9 Å². The highest BCUT2D eigenvalue weighted by Crippen LogP contribution is 2.20. The molecule has 0 aromatic carbocycles. The van der Waals surface area contributed by atoms with E-state index in [1.165, 1.54) is 0 Å². The molecule has 0 aliphatic heterocycles. The van der Waals surface area contributed by atoms with E-state index in [4.69, 9.17) is 34.9 Å². The first-order valence-corrected chi connectivity index (χ1v) is 16.3. The standard InChI is InChI=1S/C18H42O10SSi2/c1-7-23-30(24-8-2,25-9-3)17-13-15-21-29(19,20)22-16-14-18-31(26-10-4,27-11-5)28-12-6/h7-18H2,1-6H3. The molecule has 0 saturated heterocycles. The Morgan fingerprint density at radius 3 is 1.00 bits per heavy atom. The predicted octanol–water partition coefficient (Wildman–Crippen LogP) is 3.14. The quantitative estimate of drug-likeness (QED) is 0.160. The van der Waals surface area contributed by atoms with Crippen molar-refractivity contribution in [1.29, 1.82) is 0 Å². The molecule has 0 aromatic heterocycles. The average Bonchev–Trinajstić information content (AvgIpc) is 2.70. The van der Waals surface area contributed by atoms with Crippen LogP contribution in [0.3, 0.4) is 0 Å². The second-order valence-corrected chi connectivity index (χ2v) is 13.0. The van der Waals surface area contributed by atoms with E-state index in [-0.39, 0.29) is 13.2 Å². The van der Waals surface area contributed by atoms with Crippen molar-refractivity contribution in [2.75, 3.05) is 52.9 Å². The monoisotopic (exact) mass is 506 g/mol. The maximum absolute atomic E-state index is 12.0. The summed E-state index contributed by atoms with van der Waals surface area (Å²) in [7, 11) is -9.75. The third-order valence-electron chi connectivity index (χ3n) is 3.90. The third kappa shape index (κ3) is 13.4. The second-order valence-electron chi connectivity index (χ2n) is 6.22. The summed E-state index contributed by atoms with van der Waals surface area (Å²) in [5.41, 5.74) is 0. The molecule has 0 aliphatic rings. The van der Waals surface area contributed by atoms with Crippen molar-refractivity contribution >= 4 is 28.0 Å². The van der Waals surface area contributed by atoms with Crippen molar-refractivity contribution in [3.8, 4) is 0 Å². The van der Waals surface area contributed by atoms with Gasteiger partial charge in [-0.2, -0.15) is 8.42 Å². The summed E-state index contributed by atoms with van der Waals surface area (Å²) >= 11 is 0. The molecule has 0 bridgehead atoms. The molecule has 0 unspecified atom stereocenters. The van der Waals surface area contributed by atoms with Gasteiger partial charge in [-0.1, -0.05) is 0 Å². The highest BCUT2D eigenvalue weighted by molar-refractivity contribution is 7.81. The smallest absolute Gasteiger partial charge is 0.374 e. The first-order chi connectivity index (χ1) is 14.8. The van der Waals surface area contributed by atoms with E-state index in [2.05, 4.69) is 0 Å². The van der Waals surface area contributed by atoms with E-state index >= 15 is 0 Å². The fourth-order valence-corrected chi connectivity index (χ4v) is 8.81. The molecule has 0 radical (unpaired) electrons. The van der Waals surface area contributed by atoms with Crippen LogP contribution >= 0.6 is 0 Å². The summed E-state index contributed by atoms with van der Waals surface area (Å²) in [6.07, 6.45) is 0.813. The molecule has 10 nitrogen and oxygen atoms in total. The lowest BCUT2D eigenvalue weighted by Crippen LogP contribution is -2.46. The zero-order valence-corrected chi connectivity index (χ0v) is 22.8. The molecule has 0 saturated carbocycles. The lowest BCUT2D eigenvalue weighted by molar-refractivity contribution is 0.0692. The molecule has 0 rings (SSSR count). The largest absolute Gasteiger partial charge is 0.501 e. The van der Waals surface area contributed by atoms with Crippen LogP contribution in [0.15, 0.2) is 0 Å². The van der Waals surface area contributed by atoms with Crippen molar-refractivity contribution in [3.63, 3.8) is 0 Å². The Bertz CT molecular complexity index is 461. The minimum absolute atomic E-state index is 0.0418. The van der Waals surface area contributed by atoms with Gasteiger partial charge >= 0.3 is 28.0 Å². The maximum atomic E-state index is 12.0. The van der Waals surface area contributed by atoms with Gasteiger partial charge in [-0.25, -0.2) is 8.37 Å². The zero-order valence-electron chi connectivity index (χ0n) is 20.0. The summed E-state index contributed by atoms with van der Waals surface area (Å²) in [5.74, 6) is 0. The van der Waals surface area contributed by atoms with Crippen LogP contribution in [0.25, 0.3) is 0 Å². The molecule has 0 heterocycles. The Kier molecular flexibility index (Phi) is 17.6. The number of hydrogen-bond acceptors (Lipinski definition) is 10. The van der Waals surface area contributed by atoms with E-state index in [0.29, 0.717) is 64.6 Å². The van der Waals surface area contributed by atoms with Gasteiger partial charge in [-0.15, -0.1) is 0 Å². The van der Waals surface area contributed by atoms with Crippen LogP contribution in [-0.2, 0) is 45.3 Å². The summed E-state index contributed by atoms with van der Waals surface area (Å²) < 4.78 is 68.4. The van der Waals surface area contributed by atoms with Gasteiger partial charge in [0, 0.05) is 51.7 Å². The Hall–Kier alpha value is 0.0638. The first kappa shape index (κ1) is 31.1. The zero-order chi connectivity index (χ0) is 23.6. The van der Waals surface area contributed by atoms with Gasteiger partial charge in [0.15, 0.2) is 0 Å². The van der Waals surface area contributed by atoms with E-state index in [9.17, 15) is 8.42 Å². The van der Waals surface area contributed by atoms with Crippen LogP contribution in [0.2, 0.25) is 12.1 Å². The van der Waals surface area contributed by atoms with Gasteiger partial charge in [0.05, 0.1) is 13.2 Å². The van der Waals surface area contributed by atoms with E-state index < -0.39 is 28.0 Å². The van der Waals surface area contributed by atoms with Crippen LogP contribution in [0.5, 0.6) is 0 Å². The van der Waals surface area contributed by atoms with Crippen LogP contribution < -0.4 is 0 Å². The van der Waals surface area contributed by atoms with Crippen molar-refractivity contribution in [1.82, 2.24) is 0 Å². The van der Waals surface area contributed by atoms with Crippen LogP contribution in [0.1, 0.15) is 54.4 Å². The molecule has 188 valence electrons. The Morgan fingerprint density at radius 2 is 0.774 bits per heavy atom. The average molecular weight is 507 g/mol. The molecular formula is C18H42O10SSi2. The van der Waals surface area contributed by atoms with E-state index in [0.717, 1.165) is 0 Å². The second kappa shape index (κ2) is 17.5. The van der Waals surface area contributed by atoms with E-state index in [1.807, 2.05) is 41.5 Å². The fourth-order valence-electron chi connectivity index (χ4n) is 2.94. The molecule has 0 N–H and O–H groups in total. The normalized spacial score (nSPS) is 13.1. The minimum atomic E-state index is -4.10. The molecule has 0 fully saturated rings. The maximum Gasteiger partial charge on any atom is 0.501 e. The highest BCUT2D eigenvalue weighted by atomic mass is 32.3. The summed E-state index contributed by atoms with van der Waals surface area (Å²) in [6.45, 7) is 13.9. The molecule has 0 amide bonds. The minimum Gasteiger partial charge on any atom is -0.374 e. The lowest BCUT2D eigenvalue weighted by atomic mass is 10.5. The first-order valence-electron chi connectivity index (χ1n) is 11.2. The molecular weight excluding hydrogens is 464 g/mol. The Labute approximate surface area is 190 Å². The van der Waals surface area contributed by atoms with Gasteiger partial charge in [-0.3, -0.25) is 0 Å². The van der Waals surface area contributed by atoms with E-state index in [1.54, 1.807) is 0 Å². The third-order valence-corrected chi connectivity index (χ3v) is 11.1. The van der Waals surface area contributed by atoms with Crippen LogP contribution in [0, 0.1) is 0 Å². The molecule has 31 heavy (non-hydrogen) atoms. The predicted molar refractivity (Wildman–Crippen MR) is 121 cm³/mol. The van der Waals surface area contributed by atoms with Gasteiger partial charge in [0.1, 0.15) is 0 Å². The lowest BCUT2D eigenvalue weighted by Gasteiger charge is -2.28. The van der Waals surface area contributed by atoms with Gasteiger partial charge < -0.3 is 26.6 Å². The fraction of sp³-hybridized carbons (Fsp3) is 1.00. The SMILES string of the molecule is CCO[Si](CCCOS(=O)(=O)OCCC[Si](OCC)(OCC)OCC)(OCC)OCC. The molecule has 0 aromatic rings. The van der Waals surface area contributed by atoms with Gasteiger partial charge in [0.25, 0.3) is 0 Å². The van der Waals surface area contributed by atoms with Crippen molar-refractivity contribution in [3.05, 3.63) is 0 Å². The Balaban J connectivity index is 4.49. The molecule has 0 spiro atoms. The van der Waals surface area contributed by atoms with Gasteiger partial charge in [-0.05, 0) is 54.4 Å². The molecule has 0 aliphatic carbocycles. The number of hydrogen-bond donors (Lipinski definition) is 0. The number of rotatable bonds is 22. The van der Waals surface area contributed by atoms with Crippen LogP contribution in [0.4, 0.5) is 0 Å². The molecule has 0 atom stereocenters. The summed E-state index contributed by atoms with van der Waals surface area (Å²) in [6, 6.07) is 0.923. The van der Waals surface area contributed by atoms with Crippen molar-refractivity contribution in [2.45, 2.75) is 66.5 Å². The topological polar surface area (TPSA) is 108 Å². The van der Waals surface area contributed by atoms with Crippen molar-refractivity contribution in [2.24, 2.45) is 0 Å². The van der Waals surface area contributed by atoms with Crippen molar-refractivity contribution < 1.29 is 43.3 Å². The summed E-state index contributed by atoms with van der Waals surface area (Å²) in [5, 5.41) is 0. The Morgan fingerprint density at radius 1 is 0.516 bits per heavy atom. The summed E-state index contributed by atoms with van der Waals surface area (Å²) in [4.78, 5) is 0. The highest BCUT2D eigenvalue weighted by Gasteiger charge is 2.40.